The van der Waals surface area contributed by atoms with Crippen molar-refractivity contribution < 1.29 is 37.7 Å². The van der Waals surface area contributed by atoms with Crippen LogP contribution in [0.15, 0.2) is 48.7 Å². The SMILES string of the molecule is Cc1ccc(COc2ccc(-c3ncc4c(n3)CCN(CC(C)CC(=O)O)C4)cc2C)cc1.O=C(O)C(F)(F)F. The maximum absolute atomic E-state index is 10.9. The first-order chi connectivity index (χ1) is 18.8. The van der Waals surface area contributed by atoms with Crippen LogP contribution >= 0.6 is 0 Å². The van der Waals surface area contributed by atoms with Gasteiger partial charge in [0.1, 0.15) is 12.4 Å². The second kappa shape index (κ2) is 13.4. The van der Waals surface area contributed by atoms with Gasteiger partial charge in [-0.1, -0.05) is 36.8 Å². The number of nitrogens with zero attached hydrogens (tertiary/aromatic N) is 3. The lowest BCUT2D eigenvalue weighted by Gasteiger charge is -2.29. The Morgan fingerprint density at radius 2 is 1.77 bits per heavy atom. The highest BCUT2D eigenvalue weighted by Gasteiger charge is 2.38. The number of aryl methyl sites for hydroxylation is 2. The van der Waals surface area contributed by atoms with Crippen molar-refractivity contribution in [2.45, 2.75) is 52.9 Å². The van der Waals surface area contributed by atoms with E-state index in [0.29, 0.717) is 6.61 Å². The summed E-state index contributed by atoms with van der Waals surface area (Å²) >= 11 is 0. The molecule has 1 aliphatic heterocycles. The number of aromatic nitrogens is 2. The van der Waals surface area contributed by atoms with E-state index < -0.39 is 18.1 Å². The number of ether oxygens (including phenoxy) is 1. The number of benzene rings is 2. The van der Waals surface area contributed by atoms with Gasteiger partial charge in [0.25, 0.3) is 0 Å². The molecule has 1 aliphatic rings. The average Bonchev–Trinajstić information content (AvgIpc) is 2.88. The number of alkyl halides is 3. The summed E-state index contributed by atoms with van der Waals surface area (Å²) in [6, 6.07) is 14.5. The van der Waals surface area contributed by atoms with Gasteiger partial charge in [0, 0.05) is 49.8 Å². The molecule has 4 rings (SSSR count). The summed E-state index contributed by atoms with van der Waals surface area (Å²) in [5, 5.41) is 16.1. The number of rotatable bonds is 8. The Labute approximate surface area is 230 Å². The molecule has 1 atom stereocenters. The lowest BCUT2D eigenvalue weighted by molar-refractivity contribution is -0.192. The minimum absolute atomic E-state index is 0.124. The number of hydrogen-bond donors (Lipinski definition) is 2. The molecule has 0 spiro atoms. The Hall–Kier alpha value is -3.99. The largest absolute Gasteiger partial charge is 0.490 e. The Morgan fingerprint density at radius 3 is 2.38 bits per heavy atom. The molecule has 1 aromatic heterocycles. The number of fused-ring (bicyclic) bond motifs is 1. The van der Waals surface area contributed by atoms with Crippen LogP contribution in [0.25, 0.3) is 11.4 Å². The average molecular weight is 560 g/mol. The molecule has 40 heavy (non-hydrogen) atoms. The fraction of sp³-hybridized carbons (Fsp3) is 0.379. The summed E-state index contributed by atoms with van der Waals surface area (Å²) in [5.41, 5.74) is 6.63. The van der Waals surface area contributed by atoms with E-state index in [4.69, 9.17) is 24.7 Å². The molecule has 214 valence electrons. The monoisotopic (exact) mass is 559 g/mol. The number of hydrogen-bond acceptors (Lipinski definition) is 6. The Kier molecular flexibility index (Phi) is 10.2. The van der Waals surface area contributed by atoms with Crippen molar-refractivity contribution in [1.29, 1.82) is 0 Å². The van der Waals surface area contributed by atoms with E-state index in [1.54, 1.807) is 0 Å². The first-order valence-electron chi connectivity index (χ1n) is 12.7. The Balaban J connectivity index is 0.000000559. The standard InChI is InChI=1S/C27H31N3O3.C2HF3O2/c1-18-4-6-21(7-5-18)17-33-25-9-8-22(13-20(25)3)27-28-14-23-16-30(11-10-24(23)29-27)15-19(2)12-26(31)32;3-2(4,5)1(6)7/h4-9,13-14,19H,10-12,15-17H2,1-3H3,(H,31,32);(H,6,7). The number of halogens is 3. The molecular formula is C29H32F3N3O5. The van der Waals surface area contributed by atoms with E-state index in [2.05, 4.69) is 47.1 Å². The quantitative estimate of drug-likeness (QED) is 0.375. The number of carboxylic acid groups (broad SMARTS) is 2. The van der Waals surface area contributed by atoms with Gasteiger partial charge in [-0.2, -0.15) is 13.2 Å². The van der Waals surface area contributed by atoms with Crippen LogP contribution in [0, 0.1) is 19.8 Å². The molecule has 3 aromatic rings. The molecule has 0 radical (unpaired) electrons. The molecule has 0 amide bonds. The topological polar surface area (TPSA) is 113 Å². The van der Waals surface area contributed by atoms with Crippen molar-refractivity contribution >= 4 is 11.9 Å². The smallest absolute Gasteiger partial charge is 0.489 e. The highest BCUT2D eigenvalue weighted by Crippen LogP contribution is 2.27. The molecule has 11 heteroatoms. The number of carboxylic acids is 2. The van der Waals surface area contributed by atoms with Crippen molar-refractivity contribution in [3.8, 4) is 17.1 Å². The first kappa shape index (κ1) is 30.6. The lowest BCUT2D eigenvalue weighted by atomic mass is 10.0. The first-order valence-corrected chi connectivity index (χ1v) is 12.7. The molecule has 0 saturated heterocycles. The van der Waals surface area contributed by atoms with Gasteiger partial charge in [0.05, 0.1) is 5.69 Å². The summed E-state index contributed by atoms with van der Waals surface area (Å²) < 4.78 is 37.8. The van der Waals surface area contributed by atoms with Crippen molar-refractivity contribution in [2.75, 3.05) is 13.1 Å². The molecule has 8 nitrogen and oxygen atoms in total. The van der Waals surface area contributed by atoms with Crippen LogP contribution in [0.3, 0.4) is 0 Å². The molecular weight excluding hydrogens is 527 g/mol. The fourth-order valence-corrected chi connectivity index (χ4v) is 4.27. The third-order valence-corrected chi connectivity index (χ3v) is 6.30. The maximum atomic E-state index is 10.9. The number of carbonyl (C=O) groups is 2. The normalized spacial score (nSPS) is 13.9. The second-order valence-corrected chi connectivity index (χ2v) is 9.91. The summed E-state index contributed by atoms with van der Waals surface area (Å²) in [5.74, 6) is -1.78. The minimum atomic E-state index is -5.08. The van der Waals surface area contributed by atoms with Crippen molar-refractivity contribution in [2.24, 2.45) is 5.92 Å². The van der Waals surface area contributed by atoms with E-state index >= 15 is 0 Å². The van der Waals surface area contributed by atoms with E-state index in [0.717, 1.165) is 65.6 Å². The van der Waals surface area contributed by atoms with Gasteiger partial charge >= 0.3 is 18.1 Å². The van der Waals surface area contributed by atoms with Crippen molar-refractivity contribution in [1.82, 2.24) is 14.9 Å². The second-order valence-electron chi connectivity index (χ2n) is 9.91. The van der Waals surface area contributed by atoms with Crippen LogP contribution in [0.1, 0.15) is 41.3 Å². The van der Waals surface area contributed by atoms with Crippen LogP contribution in [0.4, 0.5) is 13.2 Å². The molecule has 1 unspecified atom stereocenters. The zero-order chi connectivity index (χ0) is 29.4. The highest BCUT2D eigenvalue weighted by molar-refractivity contribution is 5.73. The maximum Gasteiger partial charge on any atom is 0.490 e. The molecule has 2 N–H and O–H groups in total. The van der Waals surface area contributed by atoms with Crippen LogP contribution in [0.5, 0.6) is 5.75 Å². The van der Waals surface area contributed by atoms with Crippen molar-refractivity contribution in [3.05, 3.63) is 76.6 Å². The summed E-state index contributed by atoms with van der Waals surface area (Å²) in [4.78, 5) is 31.6. The zero-order valence-electron chi connectivity index (χ0n) is 22.5. The van der Waals surface area contributed by atoms with Gasteiger partial charge in [0.15, 0.2) is 5.82 Å². The molecule has 2 heterocycles. The number of aliphatic carboxylic acids is 2. The van der Waals surface area contributed by atoms with Gasteiger partial charge in [-0.25, -0.2) is 14.8 Å². The molecule has 2 aromatic carbocycles. The van der Waals surface area contributed by atoms with Crippen LogP contribution in [-0.2, 0) is 29.2 Å². The van der Waals surface area contributed by atoms with Gasteiger partial charge in [-0.15, -0.1) is 0 Å². The zero-order valence-corrected chi connectivity index (χ0v) is 22.5. The summed E-state index contributed by atoms with van der Waals surface area (Å²) in [7, 11) is 0. The third-order valence-electron chi connectivity index (χ3n) is 6.30. The van der Waals surface area contributed by atoms with Crippen LogP contribution in [0.2, 0.25) is 0 Å². The molecule has 0 bridgehead atoms. The van der Waals surface area contributed by atoms with E-state index in [9.17, 15) is 18.0 Å². The fourth-order valence-electron chi connectivity index (χ4n) is 4.27. The predicted molar refractivity (Wildman–Crippen MR) is 142 cm³/mol. The molecule has 0 aliphatic carbocycles. The minimum Gasteiger partial charge on any atom is -0.489 e. The molecule has 0 saturated carbocycles. The van der Waals surface area contributed by atoms with Crippen LogP contribution < -0.4 is 4.74 Å². The van der Waals surface area contributed by atoms with Gasteiger partial charge in [0.2, 0.25) is 0 Å². The third kappa shape index (κ3) is 9.04. The van der Waals surface area contributed by atoms with Crippen molar-refractivity contribution in [3.63, 3.8) is 0 Å². The summed E-state index contributed by atoms with van der Waals surface area (Å²) in [6.07, 6.45) is -2.12. The van der Waals surface area contributed by atoms with Gasteiger partial charge < -0.3 is 14.9 Å². The van der Waals surface area contributed by atoms with Gasteiger partial charge in [-0.05, 0) is 49.1 Å². The highest BCUT2D eigenvalue weighted by atomic mass is 19.4. The Morgan fingerprint density at radius 1 is 1.10 bits per heavy atom. The molecule has 0 fully saturated rings. The predicted octanol–water partition coefficient (Wildman–Crippen LogP) is 5.44. The van der Waals surface area contributed by atoms with E-state index in [-0.39, 0.29) is 12.3 Å². The van der Waals surface area contributed by atoms with Gasteiger partial charge in [-0.3, -0.25) is 9.69 Å². The lowest BCUT2D eigenvalue weighted by Crippen LogP contribution is -2.35. The van der Waals surface area contributed by atoms with E-state index in [1.807, 2.05) is 32.2 Å². The Bertz CT molecular complexity index is 1330. The van der Waals surface area contributed by atoms with E-state index in [1.165, 1.54) is 5.56 Å². The summed E-state index contributed by atoms with van der Waals surface area (Å²) in [6.45, 7) is 9.08. The van der Waals surface area contributed by atoms with Crippen LogP contribution in [-0.4, -0.2) is 56.3 Å².